The van der Waals surface area contributed by atoms with Crippen LogP contribution in [-0.4, -0.2) is 21.3 Å². The molecule has 2 aromatic rings. The first-order valence-electron chi connectivity index (χ1n) is 5.66. The van der Waals surface area contributed by atoms with Crippen LogP contribution in [0.4, 0.5) is 0 Å². The van der Waals surface area contributed by atoms with E-state index >= 15 is 0 Å². The predicted molar refractivity (Wildman–Crippen MR) is 76.3 cm³/mol. The minimum absolute atomic E-state index is 0.0138. The predicted octanol–water partition coefficient (Wildman–Crippen LogP) is 1.39. The number of rotatable bonds is 3. The van der Waals surface area contributed by atoms with E-state index < -0.39 is 0 Å². The summed E-state index contributed by atoms with van der Waals surface area (Å²) in [5.74, 6) is 2.44. The van der Waals surface area contributed by atoms with Crippen molar-refractivity contribution in [3.63, 3.8) is 0 Å². The van der Waals surface area contributed by atoms with E-state index in [9.17, 15) is 0 Å². The lowest BCUT2D eigenvalue weighted by molar-refractivity contribution is 0.499. The van der Waals surface area contributed by atoms with Crippen LogP contribution in [0.15, 0.2) is 19.9 Å². The standard InChI is InChI=1S/C11H14N6O2S/c1-5-3-7(6(2)18-5)9-17-16-8(19-9)4-20-11(14)15-10(12)13/h3H,4H2,1-2H3,(H5,12,13,14,15). The van der Waals surface area contributed by atoms with Crippen LogP contribution in [0.5, 0.6) is 0 Å². The van der Waals surface area contributed by atoms with Gasteiger partial charge in [0.2, 0.25) is 5.89 Å². The Balaban J connectivity index is 2.05. The monoisotopic (exact) mass is 294 g/mol. The Morgan fingerprint density at radius 2 is 2.10 bits per heavy atom. The molecule has 0 fully saturated rings. The van der Waals surface area contributed by atoms with Crippen molar-refractivity contribution in [3.05, 3.63) is 23.5 Å². The Morgan fingerprint density at radius 3 is 2.70 bits per heavy atom. The number of thioether (sulfide) groups is 1. The average molecular weight is 294 g/mol. The van der Waals surface area contributed by atoms with Gasteiger partial charge < -0.3 is 20.3 Å². The van der Waals surface area contributed by atoms with Crippen molar-refractivity contribution in [1.82, 2.24) is 10.2 Å². The number of guanidine groups is 1. The molecule has 0 amide bonds. The first-order valence-corrected chi connectivity index (χ1v) is 6.65. The number of hydrogen-bond acceptors (Lipinski definition) is 6. The number of aromatic nitrogens is 2. The minimum Gasteiger partial charge on any atom is -0.466 e. The normalized spacial score (nSPS) is 10.5. The van der Waals surface area contributed by atoms with Gasteiger partial charge in [0, 0.05) is 0 Å². The highest BCUT2D eigenvalue weighted by Crippen LogP contribution is 2.26. The second kappa shape index (κ2) is 5.78. The van der Waals surface area contributed by atoms with Crippen LogP contribution in [0.2, 0.25) is 0 Å². The van der Waals surface area contributed by atoms with Crippen molar-refractivity contribution >= 4 is 22.9 Å². The Morgan fingerprint density at radius 1 is 1.35 bits per heavy atom. The molecule has 0 saturated heterocycles. The van der Waals surface area contributed by atoms with Gasteiger partial charge in [0.25, 0.3) is 5.89 Å². The fraction of sp³-hybridized carbons (Fsp3) is 0.273. The molecule has 2 rings (SSSR count). The quantitative estimate of drug-likeness (QED) is 0.573. The van der Waals surface area contributed by atoms with Gasteiger partial charge in [-0.15, -0.1) is 10.2 Å². The maximum Gasteiger partial charge on any atom is 0.251 e. The number of hydrogen-bond donors (Lipinski definition) is 3. The van der Waals surface area contributed by atoms with Crippen LogP contribution >= 0.6 is 11.8 Å². The number of aryl methyl sites for hydroxylation is 2. The number of amidine groups is 1. The van der Waals surface area contributed by atoms with Crippen LogP contribution < -0.4 is 11.5 Å². The molecule has 20 heavy (non-hydrogen) atoms. The van der Waals surface area contributed by atoms with E-state index in [2.05, 4.69) is 15.2 Å². The van der Waals surface area contributed by atoms with Gasteiger partial charge in [0.15, 0.2) is 11.1 Å². The fourth-order valence-electron chi connectivity index (χ4n) is 1.54. The maximum absolute atomic E-state index is 7.49. The van der Waals surface area contributed by atoms with Gasteiger partial charge in [-0.25, -0.2) is 0 Å². The van der Waals surface area contributed by atoms with Crippen LogP contribution in [0.1, 0.15) is 17.4 Å². The lowest BCUT2D eigenvalue weighted by Crippen LogP contribution is -2.23. The smallest absolute Gasteiger partial charge is 0.251 e. The number of nitrogens with one attached hydrogen (secondary N) is 1. The van der Waals surface area contributed by atoms with E-state index in [1.165, 1.54) is 0 Å². The van der Waals surface area contributed by atoms with Gasteiger partial charge in [-0.3, -0.25) is 5.41 Å². The highest BCUT2D eigenvalue weighted by molar-refractivity contribution is 8.13. The SMILES string of the molecule is Cc1cc(-c2nnc(CSC(=N)N=C(N)N)o2)c(C)o1. The van der Waals surface area contributed by atoms with Crippen LogP contribution in [0.3, 0.4) is 0 Å². The second-order valence-corrected chi connectivity index (χ2v) is 4.92. The highest BCUT2D eigenvalue weighted by Gasteiger charge is 2.14. The first-order chi connectivity index (χ1) is 9.45. The van der Waals surface area contributed by atoms with Gasteiger partial charge in [0.1, 0.15) is 11.5 Å². The molecular formula is C11H14N6O2S. The number of nitrogens with two attached hydrogens (primary N) is 2. The molecule has 0 radical (unpaired) electrons. The van der Waals surface area contributed by atoms with Gasteiger partial charge in [-0.2, -0.15) is 4.99 Å². The zero-order valence-electron chi connectivity index (χ0n) is 11.0. The van der Waals surface area contributed by atoms with Crippen LogP contribution in [-0.2, 0) is 5.75 Å². The summed E-state index contributed by atoms with van der Waals surface area (Å²) in [5.41, 5.74) is 11.1. The van der Waals surface area contributed by atoms with E-state index in [4.69, 9.17) is 25.7 Å². The summed E-state index contributed by atoms with van der Waals surface area (Å²) in [7, 11) is 0. The van der Waals surface area contributed by atoms with Gasteiger partial charge >= 0.3 is 0 Å². The molecule has 0 aromatic carbocycles. The number of furan rings is 1. The summed E-state index contributed by atoms with van der Waals surface area (Å²) in [6.07, 6.45) is 0. The largest absolute Gasteiger partial charge is 0.466 e. The van der Waals surface area contributed by atoms with Crippen molar-refractivity contribution in [2.45, 2.75) is 19.6 Å². The second-order valence-electron chi connectivity index (χ2n) is 3.96. The van der Waals surface area contributed by atoms with E-state index in [1.54, 1.807) is 0 Å². The molecule has 106 valence electrons. The number of aliphatic imine (C=N–C) groups is 1. The van der Waals surface area contributed by atoms with E-state index in [1.807, 2.05) is 19.9 Å². The summed E-state index contributed by atoms with van der Waals surface area (Å²) in [4.78, 5) is 3.59. The van der Waals surface area contributed by atoms with Gasteiger partial charge in [-0.05, 0) is 19.9 Å². The zero-order chi connectivity index (χ0) is 14.7. The Labute approximate surface area is 119 Å². The fourth-order valence-corrected chi connectivity index (χ4v) is 2.09. The zero-order valence-corrected chi connectivity index (χ0v) is 11.8. The Bertz CT molecular complexity index is 656. The number of nitrogens with zero attached hydrogens (tertiary/aromatic N) is 3. The molecule has 0 atom stereocenters. The van der Waals surface area contributed by atoms with Crippen LogP contribution in [0.25, 0.3) is 11.5 Å². The molecule has 2 heterocycles. The summed E-state index contributed by atoms with van der Waals surface area (Å²) in [5, 5.41) is 15.3. The topological polar surface area (TPSA) is 140 Å². The van der Waals surface area contributed by atoms with E-state index in [0.29, 0.717) is 17.5 Å². The Kier molecular flexibility index (Phi) is 4.08. The van der Waals surface area contributed by atoms with Crippen molar-refractivity contribution in [3.8, 4) is 11.5 Å². The Hall–Kier alpha value is -2.29. The molecule has 2 aromatic heterocycles. The van der Waals surface area contributed by atoms with Crippen LogP contribution in [0, 0.1) is 19.3 Å². The molecule has 0 aliphatic carbocycles. The van der Waals surface area contributed by atoms with Crippen molar-refractivity contribution in [1.29, 1.82) is 5.41 Å². The minimum atomic E-state index is -0.154. The van der Waals surface area contributed by atoms with Gasteiger partial charge in [-0.1, -0.05) is 11.8 Å². The molecular weight excluding hydrogens is 280 g/mol. The van der Waals surface area contributed by atoms with Crippen molar-refractivity contribution in [2.75, 3.05) is 0 Å². The van der Waals surface area contributed by atoms with Crippen molar-refractivity contribution < 1.29 is 8.83 Å². The molecule has 0 aliphatic rings. The lowest BCUT2D eigenvalue weighted by atomic mass is 10.2. The summed E-state index contributed by atoms with van der Waals surface area (Å²) in [6.45, 7) is 3.68. The third kappa shape index (κ3) is 3.38. The molecule has 5 N–H and O–H groups in total. The summed E-state index contributed by atoms with van der Waals surface area (Å²) in [6, 6.07) is 1.83. The van der Waals surface area contributed by atoms with E-state index in [0.717, 1.165) is 28.8 Å². The molecule has 0 bridgehead atoms. The third-order valence-electron chi connectivity index (χ3n) is 2.30. The van der Waals surface area contributed by atoms with E-state index in [-0.39, 0.29) is 11.1 Å². The summed E-state index contributed by atoms with van der Waals surface area (Å²) >= 11 is 1.09. The molecule has 0 unspecified atom stereocenters. The first kappa shape index (κ1) is 14.1. The molecule has 9 heteroatoms. The van der Waals surface area contributed by atoms with Gasteiger partial charge in [0.05, 0.1) is 11.3 Å². The molecule has 0 spiro atoms. The van der Waals surface area contributed by atoms with Crippen molar-refractivity contribution in [2.24, 2.45) is 16.5 Å². The molecule has 0 aliphatic heterocycles. The lowest BCUT2D eigenvalue weighted by Gasteiger charge is -1.95. The average Bonchev–Trinajstić information content (AvgIpc) is 2.92. The highest BCUT2D eigenvalue weighted by atomic mass is 32.2. The molecule has 0 saturated carbocycles. The molecule has 8 nitrogen and oxygen atoms in total. The third-order valence-corrected chi connectivity index (χ3v) is 3.06. The summed E-state index contributed by atoms with van der Waals surface area (Å²) < 4.78 is 10.9. The maximum atomic E-state index is 7.49.